The van der Waals surface area contributed by atoms with Gasteiger partial charge < -0.3 is 15.3 Å². The van der Waals surface area contributed by atoms with E-state index >= 15 is 0 Å². The van der Waals surface area contributed by atoms with Gasteiger partial charge in [-0.2, -0.15) is 0 Å². The van der Waals surface area contributed by atoms with Crippen LogP contribution in [0.15, 0.2) is 0 Å². The first-order chi connectivity index (χ1) is 5.54. The van der Waals surface area contributed by atoms with Gasteiger partial charge in [-0.15, -0.1) is 0 Å². The highest BCUT2D eigenvalue weighted by atomic mass is 16.4. The molecule has 3 N–H and O–H groups in total. The van der Waals surface area contributed by atoms with Crippen molar-refractivity contribution in [3.63, 3.8) is 0 Å². The summed E-state index contributed by atoms with van der Waals surface area (Å²) in [5, 5.41) is 25.3. The Labute approximate surface area is 71.8 Å². The highest BCUT2D eigenvalue weighted by Crippen LogP contribution is 2.17. The number of hydrogen-bond donors (Lipinski definition) is 3. The van der Waals surface area contributed by atoms with Gasteiger partial charge in [0.15, 0.2) is 0 Å². The van der Waals surface area contributed by atoms with E-state index in [1.807, 2.05) is 0 Å². The normalized spacial score (nSPS) is 28.6. The smallest absolute Gasteiger partial charge is 0.300 e. The summed E-state index contributed by atoms with van der Waals surface area (Å²) in [7, 11) is 0. The fraction of sp³-hybridized carbons (Fsp3) is 0.875. The van der Waals surface area contributed by atoms with Crippen LogP contribution in [0, 0.1) is 0 Å². The van der Waals surface area contributed by atoms with Crippen LogP contribution in [0.25, 0.3) is 0 Å². The molecule has 0 heterocycles. The number of carbonyl (C=O) groups is 1. The van der Waals surface area contributed by atoms with Crippen molar-refractivity contribution in [2.24, 2.45) is 0 Å². The first-order valence-electron chi connectivity index (χ1n) is 4.09. The van der Waals surface area contributed by atoms with Gasteiger partial charge in [0.1, 0.15) is 0 Å². The lowest BCUT2D eigenvalue weighted by Crippen LogP contribution is -2.28. The SMILES string of the molecule is CC(=O)O.O[C@@H]1CCCC[C@@H]1O. The predicted octanol–water partition coefficient (Wildman–Crippen LogP) is 0.373. The van der Waals surface area contributed by atoms with E-state index in [4.69, 9.17) is 20.1 Å². The Morgan fingerprint density at radius 1 is 1.17 bits per heavy atom. The highest BCUT2D eigenvalue weighted by Gasteiger charge is 2.19. The molecule has 1 saturated carbocycles. The van der Waals surface area contributed by atoms with E-state index in [9.17, 15) is 0 Å². The summed E-state index contributed by atoms with van der Waals surface area (Å²) in [6.45, 7) is 1.08. The molecule has 4 heteroatoms. The van der Waals surface area contributed by atoms with E-state index in [1.54, 1.807) is 0 Å². The van der Waals surface area contributed by atoms with Crippen molar-refractivity contribution in [2.45, 2.75) is 44.8 Å². The van der Waals surface area contributed by atoms with Crippen LogP contribution in [0.1, 0.15) is 32.6 Å². The first-order valence-corrected chi connectivity index (χ1v) is 4.09. The molecule has 0 amide bonds. The first kappa shape index (κ1) is 11.4. The van der Waals surface area contributed by atoms with Crippen LogP contribution in [0.3, 0.4) is 0 Å². The van der Waals surface area contributed by atoms with Crippen LogP contribution in [-0.2, 0) is 4.79 Å². The van der Waals surface area contributed by atoms with E-state index in [-0.39, 0.29) is 0 Å². The van der Waals surface area contributed by atoms with Crippen molar-refractivity contribution in [3.8, 4) is 0 Å². The largest absolute Gasteiger partial charge is 0.481 e. The molecule has 0 bridgehead atoms. The van der Waals surface area contributed by atoms with Crippen molar-refractivity contribution in [2.75, 3.05) is 0 Å². The Morgan fingerprint density at radius 3 is 1.58 bits per heavy atom. The van der Waals surface area contributed by atoms with E-state index < -0.39 is 18.2 Å². The molecule has 1 aliphatic carbocycles. The molecule has 12 heavy (non-hydrogen) atoms. The average Bonchev–Trinajstić information content (AvgIpc) is 1.94. The number of aliphatic hydroxyl groups is 2. The van der Waals surface area contributed by atoms with Gasteiger partial charge in [-0.05, 0) is 12.8 Å². The quantitative estimate of drug-likeness (QED) is 0.498. The van der Waals surface area contributed by atoms with Crippen molar-refractivity contribution in [3.05, 3.63) is 0 Å². The van der Waals surface area contributed by atoms with Crippen molar-refractivity contribution in [1.82, 2.24) is 0 Å². The number of carboxylic acids is 1. The third-order valence-corrected chi connectivity index (χ3v) is 1.69. The van der Waals surface area contributed by atoms with Crippen LogP contribution in [0.4, 0.5) is 0 Å². The molecule has 72 valence electrons. The zero-order chi connectivity index (χ0) is 9.56. The summed E-state index contributed by atoms with van der Waals surface area (Å²) in [6, 6.07) is 0. The molecule has 1 aliphatic rings. The van der Waals surface area contributed by atoms with Gasteiger partial charge in [0.2, 0.25) is 0 Å². The molecule has 0 radical (unpaired) electrons. The van der Waals surface area contributed by atoms with Crippen LogP contribution >= 0.6 is 0 Å². The van der Waals surface area contributed by atoms with Crippen LogP contribution in [0.2, 0.25) is 0 Å². The second-order valence-corrected chi connectivity index (χ2v) is 2.94. The Balaban J connectivity index is 0.000000261. The molecule has 0 spiro atoms. The number of aliphatic hydroxyl groups excluding tert-OH is 2. The molecular weight excluding hydrogens is 160 g/mol. The second-order valence-electron chi connectivity index (χ2n) is 2.94. The lowest BCUT2D eigenvalue weighted by atomic mass is 9.95. The maximum Gasteiger partial charge on any atom is 0.300 e. The van der Waals surface area contributed by atoms with Gasteiger partial charge in [0, 0.05) is 6.92 Å². The Hall–Kier alpha value is -0.610. The van der Waals surface area contributed by atoms with Gasteiger partial charge >= 0.3 is 0 Å². The summed E-state index contributed by atoms with van der Waals surface area (Å²) in [4.78, 5) is 9.00. The van der Waals surface area contributed by atoms with Gasteiger partial charge in [0.25, 0.3) is 5.97 Å². The maximum absolute atomic E-state index is 9.00. The van der Waals surface area contributed by atoms with Gasteiger partial charge in [-0.1, -0.05) is 12.8 Å². The van der Waals surface area contributed by atoms with Crippen molar-refractivity contribution < 1.29 is 20.1 Å². The summed E-state index contributed by atoms with van der Waals surface area (Å²) >= 11 is 0. The molecule has 0 aromatic heterocycles. The van der Waals surface area contributed by atoms with E-state index in [2.05, 4.69) is 0 Å². The minimum absolute atomic E-state index is 0.441. The number of hydrogen-bond acceptors (Lipinski definition) is 3. The van der Waals surface area contributed by atoms with Crippen LogP contribution in [-0.4, -0.2) is 33.5 Å². The van der Waals surface area contributed by atoms with E-state index in [0.717, 1.165) is 32.6 Å². The fourth-order valence-corrected chi connectivity index (χ4v) is 1.09. The topological polar surface area (TPSA) is 77.8 Å². The zero-order valence-corrected chi connectivity index (χ0v) is 7.23. The van der Waals surface area contributed by atoms with Crippen molar-refractivity contribution >= 4 is 5.97 Å². The lowest BCUT2D eigenvalue weighted by molar-refractivity contribution is -0.134. The monoisotopic (exact) mass is 176 g/mol. The Bertz CT molecular complexity index is 121. The molecule has 0 aromatic carbocycles. The molecule has 4 nitrogen and oxygen atoms in total. The summed E-state index contributed by atoms with van der Waals surface area (Å²) in [6.07, 6.45) is 2.81. The zero-order valence-electron chi connectivity index (χ0n) is 7.23. The summed E-state index contributed by atoms with van der Waals surface area (Å²) in [5.41, 5.74) is 0. The molecular formula is C8H16O4. The Kier molecular flexibility index (Phi) is 5.66. The summed E-state index contributed by atoms with van der Waals surface area (Å²) in [5.74, 6) is -0.833. The number of rotatable bonds is 0. The number of carboxylic acid groups (broad SMARTS) is 1. The Morgan fingerprint density at radius 2 is 1.42 bits per heavy atom. The third-order valence-electron chi connectivity index (χ3n) is 1.69. The molecule has 1 rings (SSSR count). The van der Waals surface area contributed by atoms with Crippen molar-refractivity contribution in [1.29, 1.82) is 0 Å². The molecule has 1 fully saturated rings. The molecule has 0 aromatic rings. The number of aliphatic carboxylic acids is 1. The third kappa shape index (κ3) is 6.12. The molecule has 0 aliphatic heterocycles. The molecule has 0 saturated heterocycles. The molecule has 0 unspecified atom stereocenters. The van der Waals surface area contributed by atoms with Crippen LogP contribution < -0.4 is 0 Å². The average molecular weight is 176 g/mol. The van der Waals surface area contributed by atoms with Gasteiger partial charge in [0.05, 0.1) is 12.2 Å². The van der Waals surface area contributed by atoms with E-state index in [1.165, 1.54) is 0 Å². The van der Waals surface area contributed by atoms with Gasteiger partial charge in [-0.3, -0.25) is 4.79 Å². The predicted molar refractivity (Wildman–Crippen MR) is 43.8 cm³/mol. The fourth-order valence-electron chi connectivity index (χ4n) is 1.09. The molecule has 2 atom stereocenters. The van der Waals surface area contributed by atoms with Crippen LogP contribution in [0.5, 0.6) is 0 Å². The summed E-state index contributed by atoms with van der Waals surface area (Å²) < 4.78 is 0. The van der Waals surface area contributed by atoms with E-state index in [0.29, 0.717) is 0 Å². The van der Waals surface area contributed by atoms with Gasteiger partial charge in [-0.25, -0.2) is 0 Å². The second kappa shape index (κ2) is 5.97. The standard InChI is InChI=1S/C6H12O2.C2H4O2/c7-5-3-1-2-4-6(5)8;1-2(3)4/h5-8H,1-4H2;1H3,(H,3,4)/t5-,6+;. The minimum atomic E-state index is -0.833. The maximum atomic E-state index is 9.00. The lowest BCUT2D eigenvalue weighted by Gasteiger charge is -2.22. The minimum Gasteiger partial charge on any atom is -0.481 e. The highest BCUT2D eigenvalue weighted by molar-refractivity contribution is 5.62.